The molecular weight excluding hydrogens is 356 g/mol. The molecule has 0 saturated heterocycles. The molecule has 26 heavy (non-hydrogen) atoms. The largest absolute Gasteiger partial charge is 0.304 e. The van der Waals surface area contributed by atoms with Gasteiger partial charge in [-0.15, -0.1) is 0 Å². The van der Waals surface area contributed by atoms with Crippen LogP contribution in [0.1, 0.15) is 29.5 Å². The zero-order valence-corrected chi connectivity index (χ0v) is 15.0. The van der Waals surface area contributed by atoms with Crippen LogP contribution >= 0.6 is 0 Å². The summed E-state index contributed by atoms with van der Waals surface area (Å²) in [4.78, 5) is 28.6. The predicted molar refractivity (Wildman–Crippen MR) is 95.6 cm³/mol. The van der Waals surface area contributed by atoms with E-state index in [4.69, 9.17) is 0 Å². The Bertz CT molecular complexity index is 930. The van der Waals surface area contributed by atoms with Gasteiger partial charge in [-0.2, -0.15) is 4.31 Å². The highest BCUT2D eigenvalue weighted by Crippen LogP contribution is 2.22. The van der Waals surface area contributed by atoms with Crippen LogP contribution < -0.4 is 5.32 Å². The van der Waals surface area contributed by atoms with Crippen LogP contribution in [0.25, 0.3) is 5.57 Å². The average molecular weight is 374 g/mol. The second kappa shape index (κ2) is 7.67. The Morgan fingerprint density at radius 3 is 2.73 bits per heavy atom. The van der Waals surface area contributed by atoms with Gasteiger partial charge in [0.05, 0.1) is 30.0 Å². The Balaban J connectivity index is 1.75. The van der Waals surface area contributed by atoms with Crippen LogP contribution in [-0.2, 0) is 10.0 Å². The zero-order valence-electron chi connectivity index (χ0n) is 14.2. The van der Waals surface area contributed by atoms with Crippen LogP contribution in [0.5, 0.6) is 0 Å². The molecule has 9 nitrogen and oxygen atoms in total. The summed E-state index contributed by atoms with van der Waals surface area (Å²) in [7, 11) is -3.21. The van der Waals surface area contributed by atoms with Crippen LogP contribution in [0.2, 0.25) is 0 Å². The van der Waals surface area contributed by atoms with Crippen molar-refractivity contribution in [1.29, 1.82) is 0 Å². The first-order valence-electron chi connectivity index (χ1n) is 8.06. The molecule has 2 aromatic heterocycles. The number of anilines is 1. The molecule has 1 N–H and O–H groups in total. The molecule has 0 saturated carbocycles. The Kier molecular flexibility index (Phi) is 5.33. The van der Waals surface area contributed by atoms with Crippen molar-refractivity contribution in [3.05, 3.63) is 48.4 Å². The highest BCUT2D eigenvalue weighted by atomic mass is 32.2. The number of hydrogen-bond acceptors (Lipinski definition) is 7. The lowest BCUT2D eigenvalue weighted by Gasteiger charge is -2.25. The molecule has 2 aromatic rings. The van der Waals surface area contributed by atoms with Crippen LogP contribution in [-0.4, -0.2) is 57.4 Å². The van der Waals surface area contributed by atoms with Crippen LogP contribution in [0.4, 0.5) is 5.82 Å². The second-order valence-corrected chi connectivity index (χ2v) is 7.83. The maximum atomic E-state index is 12.3. The smallest absolute Gasteiger partial charge is 0.277 e. The van der Waals surface area contributed by atoms with E-state index in [1.54, 1.807) is 13.1 Å². The minimum absolute atomic E-state index is 0.0774. The summed E-state index contributed by atoms with van der Waals surface area (Å²) in [5, 5.41) is 2.60. The van der Waals surface area contributed by atoms with E-state index in [2.05, 4.69) is 25.3 Å². The third-order valence-electron chi connectivity index (χ3n) is 3.93. The highest BCUT2D eigenvalue weighted by molar-refractivity contribution is 7.89. The van der Waals surface area contributed by atoms with Gasteiger partial charge in [0.25, 0.3) is 5.91 Å². The summed E-state index contributed by atoms with van der Waals surface area (Å²) in [5.74, 6) is -0.0398. The minimum Gasteiger partial charge on any atom is -0.304 e. The molecule has 136 valence electrons. The topological polar surface area (TPSA) is 118 Å². The van der Waals surface area contributed by atoms with Crippen molar-refractivity contribution >= 4 is 27.3 Å². The summed E-state index contributed by atoms with van der Waals surface area (Å²) >= 11 is 0. The lowest BCUT2D eigenvalue weighted by molar-refractivity contribution is 0.102. The molecule has 0 atom stereocenters. The second-order valence-electron chi connectivity index (χ2n) is 5.57. The van der Waals surface area contributed by atoms with Crippen molar-refractivity contribution in [3.8, 4) is 0 Å². The number of rotatable bonds is 5. The van der Waals surface area contributed by atoms with Crippen molar-refractivity contribution in [2.45, 2.75) is 13.3 Å². The van der Waals surface area contributed by atoms with E-state index < -0.39 is 15.9 Å². The fourth-order valence-electron chi connectivity index (χ4n) is 2.49. The van der Waals surface area contributed by atoms with Gasteiger partial charge in [0.15, 0.2) is 5.82 Å². The molecule has 3 rings (SSSR count). The van der Waals surface area contributed by atoms with Crippen LogP contribution in [0.15, 0.2) is 37.1 Å². The maximum absolute atomic E-state index is 12.3. The molecule has 0 bridgehead atoms. The van der Waals surface area contributed by atoms with Gasteiger partial charge in [0.1, 0.15) is 5.69 Å². The predicted octanol–water partition coefficient (Wildman–Crippen LogP) is 0.958. The van der Waals surface area contributed by atoms with E-state index >= 15 is 0 Å². The van der Waals surface area contributed by atoms with Crippen LogP contribution in [0, 0.1) is 0 Å². The van der Waals surface area contributed by atoms with Gasteiger partial charge in [-0.1, -0.05) is 6.08 Å². The third-order valence-corrected chi connectivity index (χ3v) is 5.78. The van der Waals surface area contributed by atoms with Gasteiger partial charge >= 0.3 is 0 Å². The first kappa shape index (κ1) is 18.1. The molecule has 0 aromatic carbocycles. The molecule has 1 aliphatic heterocycles. The Labute approximate surface area is 151 Å². The summed E-state index contributed by atoms with van der Waals surface area (Å²) in [5.41, 5.74) is 1.58. The monoisotopic (exact) mass is 374 g/mol. The molecule has 3 heterocycles. The highest BCUT2D eigenvalue weighted by Gasteiger charge is 2.23. The SMILES string of the molecule is CCS(=O)(=O)N1CC=C(c2cncc(C(=O)Nc3cnccn3)n2)CC1. The molecule has 0 spiro atoms. The molecule has 0 fully saturated rings. The Morgan fingerprint density at radius 1 is 1.23 bits per heavy atom. The Morgan fingerprint density at radius 2 is 2.08 bits per heavy atom. The fraction of sp³-hybridized carbons (Fsp3) is 0.312. The number of nitrogens with one attached hydrogen (secondary N) is 1. The normalized spacial score (nSPS) is 15.3. The van der Waals surface area contributed by atoms with E-state index in [0.29, 0.717) is 31.0 Å². The molecule has 0 aliphatic carbocycles. The molecule has 1 amide bonds. The first-order chi connectivity index (χ1) is 12.5. The number of hydrogen-bond donors (Lipinski definition) is 1. The maximum Gasteiger partial charge on any atom is 0.277 e. The molecule has 0 unspecified atom stereocenters. The molecule has 10 heteroatoms. The van der Waals surface area contributed by atoms with E-state index in [1.807, 2.05) is 6.08 Å². The molecule has 1 aliphatic rings. The summed E-state index contributed by atoms with van der Waals surface area (Å²) < 4.78 is 25.3. The molecular formula is C16H18N6O3S. The third kappa shape index (κ3) is 4.09. The summed E-state index contributed by atoms with van der Waals surface area (Å²) in [6.07, 6.45) is 9.67. The van der Waals surface area contributed by atoms with Crippen molar-refractivity contribution in [1.82, 2.24) is 24.2 Å². The Hall–Kier alpha value is -2.72. The number of sulfonamides is 1. The molecule has 0 radical (unpaired) electrons. The van der Waals surface area contributed by atoms with Crippen molar-refractivity contribution in [3.63, 3.8) is 0 Å². The van der Waals surface area contributed by atoms with Gasteiger partial charge in [-0.3, -0.25) is 14.8 Å². The van der Waals surface area contributed by atoms with Gasteiger partial charge in [-0.05, 0) is 18.9 Å². The standard InChI is InChI=1S/C16H18N6O3S/c1-2-26(24,25)22-7-3-12(4-8-22)13-9-18-10-14(20-13)16(23)21-15-11-17-5-6-19-15/h3,5-6,9-11H,2,4,7-8H2,1H3,(H,19,21,23). The van der Waals surface area contributed by atoms with E-state index in [9.17, 15) is 13.2 Å². The van der Waals surface area contributed by atoms with Crippen molar-refractivity contribution in [2.75, 3.05) is 24.2 Å². The fourth-order valence-corrected chi connectivity index (χ4v) is 3.53. The number of nitrogens with zero attached hydrogens (tertiary/aromatic N) is 5. The summed E-state index contributed by atoms with van der Waals surface area (Å²) in [6, 6.07) is 0. The first-order valence-corrected chi connectivity index (χ1v) is 9.67. The van der Waals surface area contributed by atoms with Gasteiger partial charge in [0.2, 0.25) is 10.0 Å². The minimum atomic E-state index is -3.21. The number of carbonyl (C=O) groups excluding carboxylic acids is 1. The zero-order chi connectivity index (χ0) is 18.6. The summed E-state index contributed by atoms with van der Waals surface area (Å²) in [6.45, 7) is 2.31. The van der Waals surface area contributed by atoms with E-state index in [-0.39, 0.29) is 11.4 Å². The lowest BCUT2D eigenvalue weighted by atomic mass is 10.1. The lowest BCUT2D eigenvalue weighted by Crippen LogP contribution is -2.35. The number of carbonyl (C=O) groups is 1. The quantitative estimate of drug-likeness (QED) is 0.828. The van der Waals surface area contributed by atoms with E-state index in [0.717, 1.165) is 5.57 Å². The van der Waals surface area contributed by atoms with Gasteiger partial charge in [-0.25, -0.2) is 18.4 Å². The van der Waals surface area contributed by atoms with Crippen LogP contribution in [0.3, 0.4) is 0 Å². The average Bonchev–Trinajstić information content (AvgIpc) is 2.69. The van der Waals surface area contributed by atoms with E-state index in [1.165, 1.54) is 29.1 Å². The van der Waals surface area contributed by atoms with Gasteiger partial charge in [0, 0.05) is 25.5 Å². The van der Waals surface area contributed by atoms with Crippen molar-refractivity contribution < 1.29 is 13.2 Å². The number of amides is 1. The number of aromatic nitrogens is 4. The van der Waals surface area contributed by atoms with Gasteiger partial charge < -0.3 is 5.32 Å². The van der Waals surface area contributed by atoms with Crippen molar-refractivity contribution in [2.24, 2.45) is 0 Å².